The molecule has 30 heavy (non-hydrogen) atoms. The van der Waals surface area contributed by atoms with Crippen molar-refractivity contribution >= 4 is 54.9 Å². The lowest BCUT2D eigenvalue weighted by atomic mass is 10.1. The summed E-state index contributed by atoms with van der Waals surface area (Å²) in [6.07, 6.45) is 0.445. The molecule has 0 saturated carbocycles. The Morgan fingerprint density at radius 3 is 1.80 bits per heavy atom. The van der Waals surface area contributed by atoms with Crippen LogP contribution in [0.5, 0.6) is 0 Å². The summed E-state index contributed by atoms with van der Waals surface area (Å²) < 4.78 is 0. The number of nitrogens with one attached hydrogen (secondary N) is 3. The van der Waals surface area contributed by atoms with Crippen LogP contribution in [-0.2, 0) is 24.0 Å². The number of amides is 3. The van der Waals surface area contributed by atoms with Crippen molar-refractivity contribution in [1.29, 1.82) is 0 Å². The molecule has 9 N–H and O–H groups in total. The highest BCUT2D eigenvalue weighted by Gasteiger charge is 2.30. The summed E-state index contributed by atoms with van der Waals surface area (Å²) in [6, 6.07) is -5.02. The summed E-state index contributed by atoms with van der Waals surface area (Å²) in [5.74, 6) is -5.41. The average molecular weight is 468 g/mol. The van der Waals surface area contributed by atoms with Crippen molar-refractivity contribution in [3.05, 3.63) is 0 Å². The number of thiol groups is 2. The van der Waals surface area contributed by atoms with E-state index < -0.39 is 60.2 Å². The summed E-state index contributed by atoms with van der Waals surface area (Å²) in [6.45, 7) is 0.378. The van der Waals surface area contributed by atoms with E-state index in [-0.39, 0.29) is 17.9 Å². The quantitative estimate of drug-likeness (QED) is 0.0904. The van der Waals surface area contributed by atoms with Gasteiger partial charge in [0.2, 0.25) is 17.7 Å². The lowest BCUT2D eigenvalue weighted by Gasteiger charge is -2.23. The predicted molar refractivity (Wildman–Crippen MR) is 114 cm³/mol. The lowest BCUT2D eigenvalue weighted by Crippen LogP contribution is -2.58. The molecular formula is C16H29N5O7S2. The fraction of sp³-hybridized carbons (Fsp3) is 0.688. The third kappa shape index (κ3) is 10.7. The maximum absolute atomic E-state index is 12.4. The number of hydrogen-bond donors (Lipinski definition) is 9. The monoisotopic (exact) mass is 467 g/mol. The first-order valence-electron chi connectivity index (χ1n) is 9.10. The second-order valence-corrected chi connectivity index (χ2v) is 7.11. The zero-order valence-corrected chi connectivity index (χ0v) is 18.0. The highest BCUT2D eigenvalue weighted by atomic mass is 32.1. The maximum atomic E-state index is 12.4. The molecule has 14 heteroatoms. The number of carboxylic acids is 2. The molecule has 4 unspecified atom stereocenters. The van der Waals surface area contributed by atoms with Gasteiger partial charge in [-0.1, -0.05) is 0 Å². The smallest absolute Gasteiger partial charge is 0.326 e. The van der Waals surface area contributed by atoms with Gasteiger partial charge in [0, 0.05) is 11.5 Å². The van der Waals surface area contributed by atoms with Crippen molar-refractivity contribution in [1.82, 2.24) is 16.0 Å². The topological polar surface area (TPSA) is 214 Å². The predicted octanol–water partition coefficient (Wildman–Crippen LogP) is -2.68. The highest BCUT2D eigenvalue weighted by Crippen LogP contribution is 2.03. The third-order valence-corrected chi connectivity index (χ3v) is 4.68. The Labute approximate surface area is 184 Å². The summed E-state index contributed by atoms with van der Waals surface area (Å²) in [7, 11) is 0. The first-order valence-corrected chi connectivity index (χ1v) is 10.4. The van der Waals surface area contributed by atoms with Gasteiger partial charge < -0.3 is 37.6 Å². The van der Waals surface area contributed by atoms with Crippen LogP contribution in [0.3, 0.4) is 0 Å². The normalized spacial score (nSPS) is 14.7. The van der Waals surface area contributed by atoms with Crippen LogP contribution in [0, 0.1) is 0 Å². The van der Waals surface area contributed by atoms with E-state index in [4.69, 9.17) is 16.6 Å². The Morgan fingerprint density at radius 1 is 0.800 bits per heavy atom. The molecule has 172 valence electrons. The molecule has 0 spiro atoms. The van der Waals surface area contributed by atoms with Crippen molar-refractivity contribution in [3.8, 4) is 0 Å². The Balaban J connectivity index is 5.14. The Bertz CT molecular complexity index is 623. The van der Waals surface area contributed by atoms with Gasteiger partial charge in [0.1, 0.15) is 18.1 Å². The second-order valence-electron chi connectivity index (χ2n) is 6.38. The number of carbonyl (C=O) groups is 5. The van der Waals surface area contributed by atoms with Crippen molar-refractivity contribution in [3.63, 3.8) is 0 Å². The molecule has 0 aromatic heterocycles. The molecule has 0 aliphatic carbocycles. The minimum atomic E-state index is -1.50. The number of carboxylic acid groups (broad SMARTS) is 2. The van der Waals surface area contributed by atoms with Gasteiger partial charge in [0.25, 0.3) is 0 Å². The van der Waals surface area contributed by atoms with Gasteiger partial charge >= 0.3 is 11.9 Å². The summed E-state index contributed by atoms with van der Waals surface area (Å²) in [5, 5.41) is 25.0. The number of rotatable bonds is 15. The minimum absolute atomic E-state index is 0.0321. The highest BCUT2D eigenvalue weighted by molar-refractivity contribution is 7.80. The maximum Gasteiger partial charge on any atom is 0.326 e. The molecule has 0 aliphatic rings. The second kappa shape index (κ2) is 14.9. The summed E-state index contributed by atoms with van der Waals surface area (Å²) in [5.41, 5.74) is 10.9. The van der Waals surface area contributed by atoms with Gasteiger partial charge in [-0.3, -0.25) is 19.2 Å². The van der Waals surface area contributed by atoms with Gasteiger partial charge in [0.05, 0.1) is 12.5 Å². The molecule has 0 rings (SSSR count). The van der Waals surface area contributed by atoms with Crippen LogP contribution in [0.25, 0.3) is 0 Å². The van der Waals surface area contributed by atoms with E-state index in [1.165, 1.54) is 0 Å². The summed E-state index contributed by atoms with van der Waals surface area (Å²) >= 11 is 7.83. The van der Waals surface area contributed by atoms with Crippen LogP contribution in [0.4, 0.5) is 0 Å². The largest absolute Gasteiger partial charge is 0.481 e. The number of nitrogens with two attached hydrogens (primary N) is 2. The first-order chi connectivity index (χ1) is 14.1. The van der Waals surface area contributed by atoms with Gasteiger partial charge in [-0.25, -0.2) is 4.79 Å². The molecule has 0 radical (unpaired) electrons. The fourth-order valence-corrected chi connectivity index (χ4v) is 2.66. The van der Waals surface area contributed by atoms with Crippen LogP contribution >= 0.6 is 25.3 Å². The van der Waals surface area contributed by atoms with E-state index in [0.717, 1.165) is 0 Å². The molecule has 0 bridgehead atoms. The van der Waals surface area contributed by atoms with Crippen molar-refractivity contribution < 1.29 is 34.2 Å². The fourth-order valence-electron chi connectivity index (χ4n) is 2.23. The van der Waals surface area contributed by atoms with Crippen LogP contribution in [0.15, 0.2) is 0 Å². The molecule has 12 nitrogen and oxygen atoms in total. The summed E-state index contributed by atoms with van der Waals surface area (Å²) in [4.78, 5) is 59.0. The van der Waals surface area contributed by atoms with E-state index in [2.05, 4.69) is 41.2 Å². The average Bonchev–Trinajstić information content (AvgIpc) is 2.69. The van der Waals surface area contributed by atoms with Crippen molar-refractivity contribution in [2.75, 3.05) is 18.1 Å². The van der Waals surface area contributed by atoms with E-state index in [0.29, 0.717) is 19.4 Å². The molecule has 3 amide bonds. The van der Waals surface area contributed by atoms with Crippen LogP contribution in [0.2, 0.25) is 0 Å². The lowest BCUT2D eigenvalue weighted by molar-refractivity contribution is -0.143. The molecule has 0 aliphatic heterocycles. The van der Waals surface area contributed by atoms with Gasteiger partial charge in [-0.2, -0.15) is 25.3 Å². The van der Waals surface area contributed by atoms with Crippen LogP contribution < -0.4 is 27.4 Å². The van der Waals surface area contributed by atoms with E-state index >= 15 is 0 Å². The van der Waals surface area contributed by atoms with Crippen LogP contribution in [-0.4, -0.2) is 82.1 Å². The number of aliphatic carboxylic acids is 2. The third-order valence-electron chi connectivity index (χ3n) is 3.92. The Morgan fingerprint density at radius 2 is 1.33 bits per heavy atom. The molecule has 0 heterocycles. The first kappa shape index (κ1) is 28.0. The molecule has 0 fully saturated rings. The van der Waals surface area contributed by atoms with Crippen molar-refractivity contribution in [2.24, 2.45) is 11.5 Å². The molecule has 0 aromatic carbocycles. The minimum Gasteiger partial charge on any atom is -0.481 e. The standard InChI is InChI=1S/C16H29N5O7S2/c17-4-2-1-3-9(16(27)28)19-15(26)11(7-30)21-14(25)10(5-12(22)23)20-13(24)8(18)6-29/h8-11,29-30H,1-7,17-18H2,(H,19,26)(H,20,24)(H,21,25)(H,22,23)(H,27,28). The van der Waals surface area contributed by atoms with E-state index in [1.807, 2.05) is 0 Å². The van der Waals surface area contributed by atoms with E-state index in [9.17, 15) is 29.1 Å². The Hall–Kier alpha value is -2.03. The zero-order chi connectivity index (χ0) is 23.3. The number of carbonyl (C=O) groups excluding carboxylic acids is 3. The molecular weight excluding hydrogens is 438 g/mol. The molecule has 4 atom stereocenters. The van der Waals surface area contributed by atoms with Crippen molar-refractivity contribution in [2.45, 2.75) is 49.9 Å². The number of hydrogen-bond acceptors (Lipinski definition) is 9. The Kier molecular flexibility index (Phi) is 13.9. The van der Waals surface area contributed by atoms with Crippen LogP contribution in [0.1, 0.15) is 25.7 Å². The van der Waals surface area contributed by atoms with Gasteiger partial charge in [-0.05, 0) is 25.8 Å². The SMILES string of the molecule is NCCCCC(NC(=O)C(CS)NC(=O)C(CC(=O)O)NC(=O)C(N)CS)C(=O)O. The van der Waals surface area contributed by atoms with Gasteiger partial charge in [-0.15, -0.1) is 0 Å². The molecule has 0 aromatic rings. The molecule has 0 saturated heterocycles. The number of unbranched alkanes of at least 4 members (excludes halogenated alkanes) is 1. The van der Waals surface area contributed by atoms with Gasteiger partial charge in [0.15, 0.2) is 0 Å². The van der Waals surface area contributed by atoms with E-state index in [1.54, 1.807) is 0 Å². The zero-order valence-electron chi connectivity index (χ0n) is 16.2.